The first-order valence-corrected chi connectivity index (χ1v) is 12.7. The zero-order valence-electron chi connectivity index (χ0n) is 22.5. The molecule has 0 aliphatic heterocycles. The molecule has 2 aromatic heterocycles. The molecular weight excluding hydrogens is 533 g/mol. The number of anilines is 1. The number of carbonyl (C=O) groups is 3. The van der Waals surface area contributed by atoms with Crippen LogP contribution in [0.2, 0.25) is 0 Å². The molecule has 3 aromatic rings. The fourth-order valence-corrected chi connectivity index (χ4v) is 4.17. The number of hydrogen-bond acceptors (Lipinski definition) is 7. The molecule has 2 heterocycles. The second-order valence-electron chi connectivity index (χ2n) is 9.90. The number of aromatic nitrogens is 4. The second kappa shape index (κ2) is 12.3. The van der Waals surface area contributed by atoms with Crippen molar-refractivity contribution in [3.63, 3.8) is 0 Å². The summed E-state index contributed by atoms with van der Waals surface area (Å²) in [4.78, 5) is 39.9. The Hall–Kier alpha value is -4.23. The minimum absolute atomic E-state index is 0.0498. The van der Waals surface area contributed by atoms with Gasteiger partial charge in [-0.1, -0.05) is 40.5 Å². The molecule has 0 bridgehead atoms. The topological polar surface area (TPSA) is 154 Å². The number of aromatic amines is 1. The predicted octanol–water partition coefficient (Wildman–Crippen LogP) is 5.70. The quantitative estimate of drug-likeness (QED) is 0.237. The molecule has 0 fully saturated rings. The van der Waals surface area contributed by atoms with Gasteiger partial charge in [-0.3, -0.25) is 19.6 Å². The summed E-state index contributed by atoms with van der Waals surface area (Å²) in [6.07, 6.45) is -3.10. The fraction of sp³-hybridized carbons (Fsp3) is 0.462. The monoisotopic (exact) mass is 564 g/mol. The van der Waals surface area contributed by atoms with Crippen LogP contribution in [0.15, 0.2) is 40.9 Å². The van der Waals surface area contributed by atoms with Crippen molar-refractivity contribution in [1.29, 1.82) is 0 Å². The lowest BCUT2D eigenvalue weighted by Gasteiger charge is -2.41. The van der Waals surface area contributed by atoms with Gasteiger partial charge < -0.3 is 14.8 Å². The molecule has 3 rings (SSSR count). The number of amides is 2. The average molecular weight is 565 g/mol. The molecule has 14 heteroatoms. The van der Waals surface area contributed by atoms with Crippen molar-refractivity contribution in [3.05, 3.63) is 48.0 Å². The lowest BCUT2D eigenvalue weighted by Crippen LogP contribution is -2.53. The molecule has 216 valence electrons. The van der Waals surface area contributed by atoms with E-state index in [0.717, 1.165) is 17.0 Å². The van der Waals surface area contributed by atoms with E-state index in [4.69, 9.17) is 4.42 Å². The average Bonchev–Trinajstić information content (AvgIpc) is 3.60. The maximum absolute atomic E-state index is 13.4. The van der Waals surface area contributed by atoms with Crippen LogP contribution in [-0.4, -0.2) is 54.2 Å². The lowest BCUT2D eigenvalue weighted by atomic mass is 9.79. The summed E-state index contributed by atoms with van der Waals surface area (Å²) < 4.78 is 44.8. The van der Waals surface area contributed by atoms with E-state index < -0.39 is 47.0 Å². The van der Waals surface area contributed by atoms with Crippen LogP contribution in [0.25, 0.3) is 11.5 Å². The minimum atomic E-state index is -4.53. The van der Waals surface area contributed by atoms with Crippen molar-refractivity contribution in [1.82, 2.24) is 25.3 Å². The van der Waals surface area contributed by atoms with E-state index in [1.165, 1.54) is 24.4 Å². The number of carbonyl (C=O) groups excluding carboxylic acids is 2. The van der Waals surface area contributed by atoms with Gasteiger partial charge in [0.15, 0.2) is 0 Å². The van der Waals surface area contributed by atoms with Crippen molar-refractivity contribution in [3.8, 4) is 11.5 Å². The highest BCUT2D eigenvalue weighted by Gasteiger charge is 2.47. The number of Topliss-reactive ketones (excluding diaryl/α,β-unsaturated/α-hetero) is 1. The van der Waals surface area contributed by atoms with Crippen LogP contribution in [0.3, 0.4) is 0 Å². The first-order chi connectivity index (χ1) is 18.8. The Morgan fingerprint density at radius 1 is 1.10 bits per heavy atom. The minimum Gasteiger partial charge on any atom is -0.465 e. The van der Waals surface area contributed by atoms with Crippen LogP contribution in [0.5, 0.6) is 0 Å². The zero-order chi connectivity index (χ0) is 29.7. The largest absolute Gasteiger partial charge is 0.465 e. The molecule has 0 saturated carbocycles. The van der Waals surface area contributed by atoms with Crippen molar-refractivity contribution < 1.29 is 37.1 Å². The number of hydrogen-bond donors (Lipinski definition) is 3. The number of benzene rings is 1. The van der Waals surface area contributed by atoms with E-state index in [0.29, 0.717) is 19.3 Å². The Bertz CT molecular complexity index is 1310. The molecule has 1 unspecified atom stereocenters. The van der Waals surface area contributed by atoms with Crippen LogP contribution in [0.4, 0.5) is 23.8 Å². The normalized spacial score (nSPS) is 13.5. The summed E-state index contributed by atoms with van der Waals surface area (Å²) in [7, 11) is 0. The van der Waals surface area contributed by atoms with E-state index in [9.17, 15) is 32.7 Å². The zero-order valence-corrected chi connectivity index (χ0v) is 22.5. The SMILES string of the molecule is CCCC[C@@H](C(=O)C(=O)Nc1ccn[nH]1)N(C(=O)O)C(c1nnc(-c2ccc(C(F)(F)F)cc2)o1)C(C)(C)CC. The molecule has 0 spiro atoms. The highest BCUT2D eigenvalue weighted by Crippen LogP contribution is 2.43. The molecule has 0 aliphatic carbocycles. The van der Waals surface area contributed by atoms with E-state index in [-0.39, 0.29) is 29.6 Å². The number of alkyl halides is 3. The summed E-state index contributed by atoms with van der Waals surface area (Å²) in [6.45, 7) is 7.18. The standard InChI is InChI=1S/C26H31F3N6O5/c1-5-7-8-17(19(36)21(37)31-18-13-14-30-32-18)35(24(38)39)20(25(3,4)6-2)23-34-33-22(40-23)15-9-11-16(12-10-15)26(27,28)29/h9-14,17,20H,5-8H2,1-4H3,(H,38,39)(H2,30,31,32,37)/t17-,20?/m0/s1. The molecule has 0 aliphatic rings. The third-order valence-corrected chi connectivity index (χ3v) is 6.73. The van der Waals surface area contributed by atoms with Crippen molar-refractivity contribution in [2.24, 2.45) is 5.41 Å². The Labute approximate surface area is 228 Å². The molecule has 0 saturated heterocycles. The summed E-state index contributed by atoms with van der Waals surface area (Å²) >= 11 is 0. The van der Waals surface area contributed by atoms with Gasteiger partial charge in [0.2, 0.25) is 17.6 Å². The fourth-order valence-electron chi connectivity index (χ4n) is 4.17. The van der Waals surface area contributed by atoms with Gasteiger partial charge in [0.25, 0.3) is 5.91 Å². The maximum Gasteiger partial charge on any atom is 0.416 e. The van der Waals surface area contributed by atoms with E-state index in [1.807, 2.05) is 13.8 Å². The second-order valence-corrected chi connectivity index (χ2v) is 9.90. The Balaban J connectivity index is 2.04. The highest BCUT2D eigenvalue weighted by molar-refractivity contribution is 6.42. The van der Waals surface area contributed by atoms with Crippen molar-refractivity contribution in [2.75, 3.05) is 5.32 Å². The molecule has 2 amide bonds. The number of nitrogens with zero attached hydrogens (tertiary/aromatic N) is 4. The van der Waals surface area contributed by atoms with Gasteiger partial charge in [-0.2, -0.15) is 18.3 Å². The number of ketones is 1. The van der Waals surface area contributed by atoms with Gasteiger partial charge in [-0.05, 0) is 42.5 Å². The van der Waals surface area contributed by atoms with Crippen molar-refractivity contribution >= 4 is 23.6 Å². The molecule has 11 nitrogen and oxygen atoms in total. The number of unbranched alkanes of at least 4 members (excludes halogenated alkanes) is 1. The summed E-state index contributed by atoms with van der Waals surface area (Å²) in [6, 6.07) is 2.95. The highest BCUT2D eigenvalue weighted by atomic mass is 19.4. The molecular formula is C26H31F3N6O5. The van der Waals surface area contributed by atoms with Gasteiger partial charge in [0.05, 0.1) is 11.8 Å². The molecule has 1 aromatic carbocycles. The van der Waals surface area contributed by atoms with Crippen LogP contribution in [-0.2, 0) is 15.8 Å². The van der Waals surface area contributed by atoms with Crippen molar-refractivity contribution in [2.45, 2.75) is 71.6 Å². The first kappa shape index (κ1) is 30.3. The summed E-state index contributed by atoms with van der Waals surface area (Å²) in [5.41, 5.74) is -1.53. The van der Waals surface area contributed by atoms with E-state index in [2.05, 4.69) is 25.7 Å². The van der Waals surface area contributed by atoms with Crippen LogP contribution < -0.4 is 5.32 Å². The molecule has 0 radical (unpaired) electrons. The number of rotatable bonds is 12. The molecule has 40 heavy (non-hydrogen) atoms. The van der Waals surface area contributed by atoms with E-state index in [1.54, 1.807) is 13.8 Å². The third-order valence-electron chi connectivity index (χ3n) is 6.73. The molecule has 2 atom stereocenters. The van der Waals surface area contributed by atoms with Gasteiger partial charge in [0.1, 0.15) is 17.9 Å². The Kier molecular flexibility index (Phi) is 9.32. The van der Waals surface area contributed by atoms with E-state index >= 15 is 0 Å². The number of carboxylic acid groups (broad SMARTS) is 1. The first-order valence-electron chi connectivity index (χ1n) is 12.7. The van der Waals surface area contributed by atoms with Gasteiger partial charge in [-0.25, -0.2) is 4.79 Å². The van der Waals surface area contributed by atoms with Gasteiger partial charge >= 0.3 is 12.3 Å². The lowest BCUT2D eigenvalue weighted by molar-refractivity contribution is -0.139. The Morgan fingerprint density at radius 3 is 2.30 bits per heavy atom. The number of H-pyrrole nitrogens is 1. The predicted molar refractivity (Wildman–Crippen MR) is 137 cm³/mol. The van der Waals surface area contributed by atoms with Gasteiger partial charge in [-0.15, -0.1) is 10.2 Å². The van der Waals surface area contributed by atoms with Crippen LogP contribution in [0, 0.1) is 5.41 Å². The molecule has 3 N–H and O–H groups in total. The maximum atomic E-state index is 13.4. The smallest absolute Gasteiger partial charge is 0.416 e. The summed E-state index contributed by atoms with van der Waals surface area (Å²) in [5, 5.41) is 27.0. The van der Waals surface area contributed by atoms with Gasteiger partial charge in [0, 0.05) is 11.6 Å². The Morgan fingerprint density at radius 2 is 1.77 bits per heavy atom. The number of nitrogens with one attached hydrogen (secondary N) is 2. The summed E-state index contributed by atoms with van der Waals surface area (Å²) in [5.74, 6) is -2.13. The van der Waals surface area contributed by atoms with Crippen LogP contribution >= 0.6 is 0 Å². The third kappa shape index (κ3) is 6.85. The van der Waals surface area contributed by atoms with Crippen LogP contribution in [0.1, 0.15) is 70.9 Å². The number of halogens is 3.